The van der Waals surface area contributed by atoms with E-state index < -0.39 is 17.7 Å². The average Bonchev–Trinajstić information content (AvgIpc) is 3.21. The highest BCUT2D eigenvalue weighted by atomic mass is 16.5. The predicted molar refractivity (Wildman–Crippen MR) is 148 cm³/mol. The van der Waals surface area contributed by atoms with Crippen molar-refractivity contribution in [2.45, 2.75) is 59.8 Å². The Bertz CT molecular complexity index is 1530. The van der Waals surface area contributed by atoms with Crippen LogP contribution in [0.15, 0.2) is 42.7 Å². The van der Waals surface area contributed by atoms with Gasteiger partial charge in [0.15, 0.2) is 11.9 Å². The molecule has 0 bridgehead atoms. The summed E-state index contributed by atoms with van der Waals surface area (Å²) in [4.78, 5) is 24.0. The fourth-order valence-electron chi connectivity index (χ4n) is 5.43. The molecule has 0 fully saturated rings. The van der Waals surface area contributed by atoms with Gasteiger partial charge in [-0.05, 0) is 64.3 Å². The van der Waals surface area contributed by atoms with Gasteiger partial charge in [-0.25, -0.2) is 4.79 Å². The Morgan fingerprint density at radius 2 is 1.79 bits per heavy atom. The van der Waals surface area contributed by atoms with Crippen molar-refractivity contribution in [3.63, 3.8) is 0 Å². The van der Waals surface area contributed by atoms with Crippen LogP contribution in [0.3, 0.4) is 0 Å². The summed E-state index contributed by atoms with van der Waals surface area (Å²) in [6, 6.07) is 10.4. The maximum atomic E-state index is 12.8. The molecule has 1 atom stereocenters. The minimum absolute atomic E-state index is 0.421. The number of rotatable bonds is 6. The average molecular weight is 515 g/mol. The third-order valence-corrected chi connectivity index (χ3v) is 7.03. The quantitative estimate of drug-likeness (QED) is 0.331. The van der Waals surface area contributed by atoms with Crippen LogP contribution < -0.4 is 9.64 Å². The normalized spacial score (nSPS) is 14.1. The predicted octanol–water partition coefficient (Wildman–Crippen LogP) is 6.12. The third-order valence-electron chi connectivity index (χ3n) is 7.03. The Balaban J connectivity index is 1.90. The first kappa shape index (κ1) is 25.7. The minimum atomic E-state index is -1.17. The number of aromatic nitrogens is 3. The number of benzene rings is 2. The fourth-order valence-corrected chi connectivity index (χ4v) is 5.43. The Kier molecular flexibility index (Phi) is 6.39. The van der Waals surface area contributed by atoms with Crippen LogP contribution in [0.1, 0.15) is 49.3 Å². The molecule has 1 N–H and O–H groups in total. The molecule has 4 aromatic rings. The van der Waals surface area contributed by atoms with E-state index in [2.05, 4.69) is 56.7 Å². The second kappa shape index (κ2) is 9.44. The highest BCUT2D eigenvalue weighted by Crippen LogP contribution is 2.49. The van der Waals surface area contributed by atoms with Crippen LogP contribution in [0.2, 0.25) is 0 Å². The number of anilines is 2. The van der Waals surface area contributed by atoms with Crippen molar-refractivity contribution in [1.82, 2.24) is 14.5 Å². The number of nitrogens with zero attached hydrogens (tertiary/aromatic N) is 4. The number of carboxylic acid groups (broad SMARTS) is 1. The number of ether oxygens (including phenoxy) is 2. The summed E-state index contributed by atoms with van der Waals surface area (Å²) in [6.45, 7) is 13.2. The van der Waals surface area contributed by atoms with Gasteiger partial charge in [0.1, 0.15) is 0 Å². The second-order valence-electron chi connectivity index (χ2n) is 10.8. The molecule has 0 unspecified atom stereocenters. The molecule has 0 radical (unpaired) electrons. The Labute approximate surface area is 222 Å². The van der Waals surface area contributed by atoms with E-state index in [1.807, 2.05) is 34.6 Å². The molecule has 5 rings (SSSR count). The van der Waals surface area contributed by atoms with Gasteiger partial charge in [-0.15, -0.1) is 0 Å². The Hall–Kier alpha value is -3.91. The summed E-state index contributed by atoms with van der Waals surface area (Å²) in [5.41, 5.74) is 6.88. The molecule has 0 amide bonds. The van der Waals surface area contributed by atoms with Gasteiger partial charge in [-0.1, -0.05) is 29.8 Å². The van der Waals surface area contributed by atoms with Gasteiger partial charge in [-0.3, -0.25) is 4.98 Å². The number of carboxylic acids is 1. The van der Waals surface area contributed by atoms with Crippen LogP contribution in [0.4, 0.5) is 11.5 Å². The lowest BCUT2D eigenvalue weighted by Crippen LogP contribution is -2.31. The van der Waals surface area contributed by atoms with Crippen molar-refractivity contribution in [3.8, 4) is 17.0 Å². The van der Waals surface area contributed by atoms with Crippen molar-refractivity contribution >= 4 is 28.4 Å². The van der Waals surface area contributed by atoms with Gasteiger partial charge in [0.25, 0.3) is 0 Å². The number of hydrogen-bond donors (Lipinski definition) is 1. The van der Waals surface area contributed by atoms with Crippen LogP contribution in [-0.4, -0.2) is 44.9 Å². The summed E-state index contributed by atoms with van der Waals surface area (Å²) in [6.07, 6.45) is 2.12. The van der Waals surface area contributed by atoms with Crippen LogP contribution in [0.25, 0.3) is 22.0 Å². The molecular weight excluding hydrogens is 480 g/mol. The minimum Gasteiger partial charge on any atom is -0.480 e. The molecule has 38 heavy (non-hydrogen) atoms. The van der Waals surface area contributed by atoms with Gasteiger partial charge < -0.3 is 24.0 Å². The number of aliphatic carboxylic acids is 1. The third kappa shape index (κ3) is 4.39. The first-order chi connectivity index (χ1) is 18.0. The van der Waals surface area contributed by atoms with E-state index in [4.69, 9.17) is 9.47 Å². The van der Waals surface area contributed by atoms with Crippen LogP contribution in [0, 0.1) is 20.8 Å². The number of aryl methyl sites for hydroxylation is 2. The number of carbonyl (C=O) groups is 1. The van der Waals surface area contributed by atoms with E-state index in [-0.39, 0.29) is 0 Å². The SMILES string of the molecule is COc1cncc(N2CCn3c(C)cc4c(-c5ccc(C)cc5)c([C@H](OC(C)(C)C)C(=O)O)c(C)c2c43)n1. The fraction of sp³-hybridized carbons (Fsp3) is 0.367. The molecule has 2 aromatic carbocycles. The highest BCUT2D eigenvalue weighted by molar-refractivity contribution is 6.08. The number of methoxy groups -OCH3 is 1. The Morgan fingerprint density at radius 3 is 2.42 bits per heavy atom. The zero-order valence-electron chi connectivity index (χ0n) is 23.0. The van der Waals surface area contributed by atoms with E-state index in [0.29, 0.717) is 23.8 Å². The van der Waals surface area contributed by atoms with E-state index in [1.165, 1.54) is 0 Å². The summed E-state index contributed by atoms with van der Waals surface area (Å²) < 4.78 is 13.9. The van der Waals surface area contributed by atoms with Crippen LogP contribution in [0.5, 0.6) is 5.88 Å². The molecule has 1 aliphatic rings. The molecule has 3 heterocycles. The van der Waals surface area contributed by atoms with Crippen molar-refractivity contribution in [2.75, 3.05) is 18.6 Å². The lowest BCUT2D eigenvalue weighted by Gasteiger charge is -2.35. The molecule has 8 heteroatoms. The smallest absolute Gasteiger partial charge is 0.337 e. The van der Waals surface area contributed by atoms with Gasteiger partial charge in [0.2, 0.25) is 5.88 Å². The zero-order chi connectivity index (χ0) is 27.4. The summed E-state index contributed by atoms with van der Waals surface area (Å²) in [7, 11) is 1.57. The molecule has 0 spiro atoms. The van der Waals surface area contributed by atoms with E-state index >= 15 is 0 Å². The topological polar surface area (TPSA) is 89.7 Å². The van der Waals surface area contributed by atoms with E-state index in [1.54, 1.807) is 19.5 Å². The lowest BCUT2D eigenvalue weighted by molar-refractivity contribution is -0.160. The van der Waals surface area contributed by atoms with Crippen molar-refractivity contribution < 1.29 is 19.4 Å². The standard InChI is InChI=1S/C30H34N4O4/c1-17-8-10-20(11-9-17)25-21-14-18(2)33-12-13-34(22-15-31-16-23(32-22)37-7)26(27(21)33)19(3)24(25)28(29(35)36)38-30(4,5)6/h8-11,14-16,28H,12-13H2,1-7H3,(H,35,36)/t28-/m0/s1. The lowest BCUT2D eigenvalue weighted by atomic mass is 9.87. The monoisotopic (exact) mass is 514 g/mol. The van der Waals surface area contributed by atoms with Gasteiger partial charge in [0, 0.05) is 29.7 Å². The van der Waals surface area contributed by atoms with Crippen LogP contribution >= 0.6 is 0 Å². The second-order valence-corrected chi connectivity index (χ2v) is 10.8. The van der Waals surface area contributed by atoms with Gasteiger partial charge >= 0.3 is 5.97 Å². The van der Waals surface area contributed by atoms with Crippen molar-refractivity contribution in [2.24, 2.45) is 0 Å². The molecular formula is C30H34N4O4. The zero-order valence-corrected chi connectivity index (χ0v) is 23.0. The molecule has 0 saturated carbocycles. The Morgan fingerprint density at radius 1 is 1.08 bits per heavy atom. The van der Waals surface area contributed by atoms with Crippen LogP contribution in [-0.2, 0) is 16.1 Å². The summed E-state index contributed by atoms with van der Waals surface area (Å²) in [5.74, 6) is 0.0450. The summed E-state index contributed by atoms with van der Waals surface area (Å²) >= 11 is 0. The number of hydrogen-bond acceptors (Lipinski definition) is 6. The van der Waals surface area contributed by atoms with Crippen molar-refractivity contribution in [3.05, 3.63) is 65.1 Å². The highest BCUT2D eigenvalue weighted by Gasteiger charge is 2.36. The first-order valence-corrected chi connectivity index (χ1v) is 12.8. The molecule has 0 saturated heterocycles. The van der Waals surface area contributed by atoms with E-state index in [0.717, 1.165) is 51.1 Å². The van der Waals surface area contributed by atoms with E-state index in [9.17, 15) is 9.90 Å². The molecule has 2 aromatic heterocycles. The largest absolute Gasteiger partial charge is 0.480 e. The van der Waals surface area contributed by atoms with Crippen molar-refractivity contribution in [1.29, 1.82) is 0 Å². The van der Waals surface area contributed by atoms with Gasteiger partial charge in [0.05, 0.1) is 36.3 Å². The molecule has 8 nitrogen and oxygen atoms in total. The summed E-state index contributed by atoms with van der Waals surface area (Å²) in [5, 5.41) is 11.5. The maximum absolute atomic E-state index is 12.8. The molecule has 0 aliphatic carbocycles. The maximum Gasteiger partial charge on any atom is 0.337 e. The van der Waals surface area contributed by atoms with Gasteiger partial charge in [-0.2, -0.15) is 4.98 Å². The molecule has 1 aliphatic heterocycles. The first-order valence-electron chi connectivity index (χ1n) is 12.8. The molecule has 198 valence electrons.